The number of ether oxygens (including phenoxy) is 4. The summed E-state index contributed by atoms with van der Waals surface area (Å²) >= 11 is 0. The van der Waals surface area contributed by atoms with Crippen molar-refractivity contribution in [1.82, 2.24) is 0 Å². The van der Waals surface area contributed by atoms with E-state index >= 15 is 0 Å². The summed E-state index contributed by atoms with van der Waals surface area (Å²) in [5.41, 5.74) is 0. The Morgan fingerprint density at radius 1 is 0.290 bits per heavy atom. The van der Waals surface area contributed by atoms with Crippen molar-refractivity contribution in [2.24, 2.45) is 5.92 Å². The van der Waals surface area contributed by atoms with Crippen molar-refractivity contribution in [2.45, 2.75) is 406 Å². The number of aliphatic hydroxyl groups is 1. The van der Waals surface area contributed by atoms with E-state index in [9.17, 15) is 43.2 Å². The average molecular weight is 1370 g/mol. The van der Waals surface area contributed by atoms with Crippen molar-refractivity contribution in [3.63, 3.8) is 0 Å². The minimum absolute atomic E-state index is 0.107. The van der Waals surface area contributed by atoms with Crippen LogP contribution in [0.1, 0.15) is 388 Å². The van der Waals surface area contributed by atoms with Crippen molar-refractivity contribution in [3.05, 3.63) is 0 Å². The van der Waals surface area contributed by atoms with Gasteiger partial charge in [-0.05, 0) is 31.6 Å². The van der Waals surface area contributed by atoms with Gasteiger partial charge in [0.15, 0.2) is 12.2 Å². The molecule has 0 saturated carbocycles. The van der Waals surface area contributed by atoms with Gasteiger partial charge in [0.05, 0.1) is 26.4 Å². The number of unbranched alkanes of at least 4 members (excludes halogenated alkanes) is 46. The SMILES string of the molecule is CCCCCCCCCCCCCCCCCCCC(=O)O[C@H](COC(=O)CCCCCCCCCCCCCCCC)COP(=O)(O)OC[C@@H](O)COP(=O)(O)OC[C@@H](COC(=O)CCCCCCCCC(C)C)OC(=O)CCCCCCCCCCCCCCC. The maximum atomic E-state index is 13.1. The largest absolute Gasteiger partial charge is 0.472 e. The highest BCUT2D eigenvalue weighted by molar-refractivity contribution is 7.47. The first kappa shape index (κ1) is 91.1. The van der Waals surface area contributed by atoms with Crippen LogP contribution >= 0.6 is 15.6 Å². The van der Waals surface area contributed by atoms with Crippen LogP contribution in [-0.2, 0) is 65.4 Å². The predicted molar refractivity (Wildman–Crippen MR) is 377 cm³/mol. The molecule has 0 rings (SSSR count). The highest BCUT2D eigenvalue weighted by atomic mass is 31.2. The summed E-state index contributed by atoms with van der Waals surface area (Å²) in [5.74, 6) is -1.44. The second-order valence-corrected chi connectivity index (χ2v) is 30.1. The molecule has 2 unspecified atom stereocenters. The lowest BCUT2D eigenvalue weighted by Gasteiger charge is -2.21. The third kappa shape index (κ3) is 68.4. The number of aliphatic hydroxyl groups excluding tert-OH is 1. The van der Waals surface area contributed by atoms with Gasteiger partial charge in [-0.25, -0.2) is 9.13 Å². The summed E-state index contributed by atoms with van der Waals surface area (Å²) < 4.78 is 68.4. The Morgan fingerprint density at radius 2 is 0.495 bits per heavy atom. The first-order valence-corrected chi connectivity index (χ1v) is 41.6. The Labute approximate surface area is 568 Å². The van der Waals surface area contributed by atoms with E-state index < -0.39 is 97.5 Å². The van der Waals surface area contributed by atoms with Crippen LogP contribution < -0.4 is 0 Å². The van der Waals surface area contributed by atoms with E-state index in [1.54, 1.807) is 0 Å². The van der Waals surface area contributed by atoms with Crippen molar-refractivity contribution >= 4 is 39.5 Å². The highest BCUT2D eigenvalue weighted by Gasteiger charge is 2.30. The number of phosphoric acid groups is 2. The van der Waals surface area contributed by atoms with Crippen LogP contribution in [0, 0.1) is 5.92 Å². The van der Waals surface area contributed by atoms with Gasteiger partial charge in [-0.2, -0.15) is 0 Å². The molecule has 0 saturated heterocycles. The van der Waals surface area contributed by atoms with E-state index in [-0.39, 0.29) is 25.7 Å². The fourth-order valence-electron chi connectivity index (χ4n) is 11.4. The van der Waals surface area contributed by atoms with E-state index in [0.717, 1.165) is 96.3 Å². The molecule has 0 spiro atoms. The summed E-state index contributed by atoms with van der Waals surface area (Å²) in [6.07, 6.45) is 55.5. The Hall–Kier alpha value is -1.94. The first-order chi connectivity index (χ1) is 45.0. The lowest BCUT2D eigenvalue weighted by molar-refractivity contribution is -0.161. The van der Waals surface area contributed by atoms with Gasteiger partial charge in [-0.3, -0.25) is 37.3 Å². The zero-order valence-electron chi connectivity index (χ0n) is 60.4. The van der Waals surface area contributed by atoms with Crippen molar-refractivity contribution in [1.29, 1.82) is 0 Å². The van der Waals surface area contributed by atoms with Crippen LogP contribution in [0.5, 0.6) is 0 Å². The molecule has 0 aliphatic heterocycles. The number of hydrogen-bond acceptors (Lipinski definition) is 15. The standard InChI is InChI=1S/C74H144O17P2/c1-6-9-12-15-18-21-24-27-29-30-31-34-37-40-43-50-55-60-73(78)90-69(63-84-71(76)57-52-47-41-38-35-33-28-25-22-19-16-13-10-7-2)65-88-92(80,81)86-61-68(75)62-87-93(82,83)89-66-70(64-85-72(77)58-53-48-45-44-46-51-56-67(4)5)91-74(79)59-54-49-42-39-36-32-26-23-20-17-14-11-8-3/h67-70,75H,6-66H2,1-5H3,(H,80,81)(H,82,83)/t68-,69-,70-/m1/s1. The monoisotopic (exact) mass is 1370 g/mol. The van der Waals surface area contributed by atoms with Gasteiger partial charge < -0.3 is 33.8 Å². The van der Waals surface area contributed by atoms with Crippen LogP contribution in [-0.4, -0.2) is 96.7 Å². The molecule has 0 heterocycles. The van der Waals surface area contributed by atoms with Crippen LogP contribution in [0.15, 0.2) is 0 Å². The Bertz CT molecular complexity index is 1790. The van der Waals surface area contributed by atoms with Gasteiger partial charge in [0.25, 0.3) is 0 Å². The fraction of sp³-hybridized carbons (Fsp3) is 0.946. The van der Waals surface area contributed by atoms with Crippen molar-refractivity contribution in [3.8, 4) is 0 Å². The lowest BCUT2D eigenvalue weighted by atomic mass is 10.0. The summed E-state index contributed by atoms with van der Waals surface area (Å²) in [5, 5.41) is 10.6. The molecule has 0 aromatic rings. The number of esters is 4. The van der Waals surface area contributed by atoms with Gasteiger partial charge in [-0.1, -0.05) is 336 Å². The molecular weight excluding hydrogens is 1220 g/mol. The number of rotatable bonds is 74. The van der Waals surface area contributed by atoms with Gasteiger partial charge in [0, 0.05) is 25.7 Å². The zero-order valence-corrected chi connectivity index (χ0v) is 62.2. The van der Waals surface area contributed by atoms with E-state index in [4.69, 9.17) is 37.0 Å². The third-order valence-electron chi connectivity index (χ3n) is 17.3. The summed E-state index contributed by atoms with van der Waals surface area (Å²) in [6, 6.07) is 0. The lowest BCUT2D eigenvalue weighted by Crippen LogP contribution is -2.30. The second-order valence-electron chi connectivity index (χ2n) is 27.2. The topological polar surface area (TPSA) is 237 Å². The molecule has 17 nitrogen and oxygen atoms in total. The van der Waals surface area contributed by atoms with Crippen LogP contribution in [0.2, 0.25) is 0 Å². The van der Waals surface area contributed by atoms with E-state index in [1.807, 2.05) is 0 Å². The van der Waals surface area contributed by atoms with Crippen LogP contribution in [0.4, 0.5) is 0 Å². The third-order valence-corrected chi connectivity index (χ3v) is 19.2. The van der Waals surface area contributed by atoms with Gasteiger partial charge in [0.2, 0.25) is 0 Å². The molecule has 0 radical (unpaired) electrons. The van der Waals surface area contributed by atoms with Crippen LogP contribution in [0.25, 0.3) is 0 Å². The smallest absolute Gasteiger partial charge is 0.462 e. The fourth-order valence-corrected chi connectivity index (χ4v) is 12.9. The molecule has 0 fully saturated rings. The molecule has 0 bridgehead atoms. The maximum absolute atomic E-state index is 13.1. The van der Waals surface area contributed by atoms with E-state index in [2.05, 4.69) is 34.6 Å². The van der Waals surface area contributed by atoms with Crippen LogP contribution in [0.3, 0.4) is 0 Å². The Morgan fingerprint density at radius 3 is 0.731 bits per heavy atom. The first-order valence-electron chi connectivity index (χ1n) is 38.6. The highest BCUT2D eigenvalue weighted by Crippen LogP contribution is 2.45. The zero-order chi connectivity index (χ0) is 68.4. The Kier molecular flexibility index (Phi) is 65.9. The number of carbonyl (C=O) groups is 4. The average Bonchev–Trinajstić information content (AvgIpc) is 3.75. The molecule has 5 atom stereocenters. The molecule has 0 amide bonds. The van der Waals surface area contributed by atoms with Gasteiger partial charge in [-0.15, -0.1) is 0 Å². The second kappa shape index (κ2) is 67.3. The quantitative estimate of drug-likeness (QED) is 0.0222. The molecule has 0 aromatic carbocycles. The molecular formula is C74H144O17P2. The summed E-state index contributed by atoms with van der Waals surface area (Å²) in [7, 11) is -9.90. The summed E-state index contributed by atoms with van der Waals surface area (Å²) in [6.45, 7) is 7.20. The number of hydrogen-bond donors (Lipinski definition) is 3. The molecule has 552 valence electrons. The van der Waals surface area contributed by atoms with Crippen molar-refractivity contribution in [2.75, 3.05) is 39.6 Å². The molecule has 0 aliphatic rings. The van der Waals surface area contributed by atoms with Gasteiger partial charge in [0.1, 0.15) is 19.3 Å². The normalized spacial score (nSPS) is 14.0. The van der Waals surface area contributed by atoms with Crippen molar-refractivity contribution < 1.29 is 80.2 Å². The molecule has 3 N–H and O–H groups in total. The number of phosphoric ester groups is 2. The Balaban J connectivity index is 5.23. The molecule has 0 aromatic heterocycles. The van der Waals surface area contributed by atoms with E-state index in [1.165, 1.54) is 205 Å². The van der Waals surface area contributed by atoms with Gasteiger partial charge >= 0.3 is 39.5 Å². The number of carbonyl (C=O) groups excluding carboxylic acids is 4. The maximum Gasteiger partial charge on any atom is 0.472 e. The minimum Gasteiger partial charge on any atom is -0.462 e. The minimum atomic E-state index is -4.95. The van der Waals surface area contributed by atoms with E-state index in [0.29, 0.717) is 31.6 Å². The molecule has 19 heteroatoms. The molecule has 0 aliphatic carbocycles. The summed E-state index contributed by atoms with van der Waals surface area (Å²) in [4.78, 5) is 72.7. The predicted octanol–water partition coefficient (Wildman–Crippen LogP) is 21.7. The molecule has 93 heavy (non-hydrogen) atoms.